The van der Waals surface area contributed by atoms with Gasteiger partial charge in [0, 0.05) is 26.2 Å². The molecule has 1 heterocycles. The Morgan fingerprint density at radius 1 is 1.07 bits per heavy atom. The molecule has 2 aromatic rings. The van der Waals surface area contributed by atoms with Crippen LogP contribution in [-0.4, -0.2) is 36.8 Å². The molecule has 1 aliphatic heterocycles. The molecule has 2 aromatic carbocycles. The summed E-state index contributed by atoms with van der Waals surface area (Å²) < 4.78 is 28.1. The number of hydrogen-bond donors (Lipinski definition) is 3. The summed E-state index contributed by atoms with van der Waals surface area (Å²) in [5.41, 5.74) is 2.92. The van der Waals surface area contributed by atoms with Gasteiger partial charge < -0.3 is 20.6 Å². The number of guanidine groups is 1. The predicted molar refractivity (Wildman–Crippen MR) is 117 cm³/mol. The van der Waals surface area contributed by atoms with Gasteiger partial charge >= 0.3 is 0 Å². The van der Waals surface area contributed by atoms with Crippen LogP contribution in [0.1, 0.15) is 36.5 Å². The molecule has 30 heavy (non-hydrogen) atoms. The third-order valence-electron chi connectivity index (χ3n) is 5.26. The second-order valence-corrected chi connectivity index (χ2v) is 7.64. The summed E-state index contributed by atoms with van der Waals surface area (Å²) in [6, 6.07) is 10.2. The number of hydrogen-bond acceptors (Lipinski definition) is 3. The van der Waals surface area contributed by atoms with Gasteiger partial charge in [-0.25, -0.2) is 13.8 Å². The quantitative estimate of drug-likeness (QED) is 0.498. The third-order valence-corrected chi connectivity index (χ3v) is 5.26. The number of aliphatic hydroxyl groups excluding tert-OH is 1. The maximum atomic E-state index is 14.6. The number of piperidine rings is 1. The van der Waals surface area contributed by atoms with Crippen LogP contribution in [0.2, 0.25) is 0 Å². The highest BCUT2D eigenvalue weighted by molar-refractivity contribution is 5.79. The Morgan fingerprint density at radius 3 is 2.47 bits per heavy atom. The summed E-state index contributed by atoms with van der Waals surface area (Å²) in [7, 11) is 0. The molecule has 3 rings (SSSR count). The van der Waals surface area contributed by atoms with E-state index in [0.717, 1.165) is 11.1 Å². The molecule has 0 atom stereocenters. The van der Waals surface area contributed by atoms with E-state index in [0.29, 0.717) is 62.8 Å². The first-order valence-corrected chi connectivity index (χ1v) is 10.4. The van der Waals surface area contributed by atoms with E-state index in [1.54, 1.807) is 31.2 Å². The van der Waals surface area contributed by atoms with Crippen molar-refractivity contribution in [1.82, 2.24) is 10.6 Å². The molecule has 0 amide bonds. The second-order valence-electron chi connectivity index (χ2n) is 7.64. The van der Waals surface area contributed by atoms with Gasteiger partial charge in [0.1, 0.15) is 11.6 Å². The molecule has 0 aromatic heterocycles. The Kier molecular flexibility index (Phi) is 7.63. The first kappa shape index (κ1) is 22.0. The molecule has 0 aliphatic carbocycles. The van der Waals surface area contributed by atoms with E-state index in [9.17, 15) is 13.9 Å². The minimum atomic E-state index is -0.282. The largest absolute Gasteiger partial charge is 0.393 e. The smallest absolute Gasteiger partial charge is 0.191 e. The number of rotatable bonds is 6. The van der Waals surface area contributed by atoms with Crippen molar-refractivity contribution in [2.24, 2.45) is 4.99 Å². The van der Waals surface area contributed by atoms with Crippen molar-refractivity contribution in [3.05, 3.63) is 64.7 Å². The van der Waals surface area contributed by atoms with Crippen molar-refractivity contribution >= 4 is 11.6 Å². The highest BCUT2D eigenvalue weighted by atomic mass is 19.1. The molecule has 0 unspecified atom stereocenters. The van der Waals surface area contributed by atoms with Crippen LogP contribution in [0, 0.1) is 18.6 Å². The predicted octanol–water partition coefficient (Wildman–Crippen LogP) is 3.49. The molecule has 5 nitrogen and oxygen atoms in total. The molecule has 1 aliphatic rings. The molecule has 3 N–H and O–H groups in total. The van der Waals surface area contributed by atoms with E-state index in [4.69, 9.17) is 0 Å². The van der Waals surface area contributed by atoms with E-state index in [-0.39, 0.29) is 17.7 Å². The maximum absolute atomic E-state index is 14.6. The van der Waals surface area contributed by atoms with Crippen molar-refractivity contribution in [3.63, 3.8) is 0 Å². The van der Waals surface area contributed by atoms with Gasteiger partial charge in [0.15, 0.2) is 5.96 Å². The fraction of sp³-hybridized carbons (Fsp3) is 0.435. The van der Waals surface area contributed by atoms with Crippen LogP contribution in [-0.2, 0) is 13.1 Å². The lowest BCUT2D eigenvalue weighted by Crippen LogP contribution is -2.37. The number of nitrogens with zero attached hydrogens (tertiary/aromatic N) is 2. The lowest BCUT2D eigenvalue weighted by molar-refractivity contribution is 0.145. The molecule has 7 heteroatoms. The van der Waals surface area contributed by atoms with Gasteiger partial charge in [-0.2, -0.15) is 0 Å². The zero-order chi connectivity index (χ0) is 21.5. The van der Waals surface area contributed by atoms with Gasteiger partial charge in [0.05, 0.1) is 18.3 Å². The average Bonchev–Trinajstić information content (AvgIpc) is 2.73. The van der Waals surface area contributed by atoms with Crippen molar-refractivity contribution < 1.29 is 13.9 Å². The molecule has 1 fully saturated rings. The molecule has 0 radical (unpaired) electrons. The summed E-state index contributed by atoms with van der Waals surface area (Å²) in [6.07, 6.45) is 1.05. The van der Waals surface area contributed by atoms with E-state index in [1.165, 1.54) is 6.07 Å². The van der Waals surface area contributed by atoms with E-state index in [2.05, 4.69) is 15.6 Å². The molecule has 0 saturated carbocycles. The van der Waals surface area contributed by atoms with Crippen LogP contribution in [0.4, 0.5) is 14.5 Å². The normalized spacial score (nSPS) is 15.4. The van der Waals surface area contributed by atoms with Gasteiger partial charge in [-0.15, -0.1) is 0 Å². The van der Waals surface area contributed by atoms with Gasteiger partial charge in [0.2, 0.25) is 0 Å². The summed E-state index contributed by atoms with van der Waals surface area (Å²) >= 11 is 0. The van der Waals surface area contributed by atoms with Gasteiger partial charge in [-0.05, 0) is 61.6 Å². The van der Waals surface area contributed by atoms with Gasteiger partial charge in [-0.1, -0.05) is 18.2 Å². The Labute approximate surface area is 176 Å². The monoisotopic (exact) mass is 416 g/mol. The van der Waals surface area contributed by atoms with Crippen LogP contribution in [0.5, 0.6) is 0 Å². The van der Waals surface area contributed by atoms with E-state index < -0.39 is 0 Å². The fourth-order valence-electron chi connectivity index (χ4n) is 3.53. The number of anilines is 1. The second kappa shape index (κ2) is 10.4. The number of halogens is 2. The molecular weight excluding hydrogens is 386 g/mol. The summed E-state index contributed by atoms with van der Waals surface area (Å²) in [5, 5.41) is 16.0. The van der Waals surface area contributed by atoms with E-state index in [1.807, 2.05) is 17.9 Å². The lowest BCUT2D eigenvalue weighted by Gasteiger charge is -2.31. The van der Waals surface area contributed by atoms with Crippen molar-refractivity contribution in [2.45, 2.75) is 45.9 Å². The standard InChI is InChI=1S/C23H30F2N4O/c1-3-26-23(27-14-17-4-6-20(24)16(2)12-17)28-15-18-5-7-22(21(25)13-18)29-10-8-19(30)9-11-29/h4-7,12-13,19,30H,3,8-11,14-15H2,1-2H3,(H2,26,27,28). The molecule has 162 valence electrons. The third kappa shape index (κ3) is 5.92. The number of benzene rings is 2. The SMILES string of the molecule is CCNC(=NCc1ccc(F)c(C)c1)NCc1ccc(N2CCC(O)CC2)c(F)c1. The average molecular weight is 417 g/mol. The van der Waals surface area contributed by atoms with Crippen LogP contribution in [0.3, 0.4) is 0 Å². The fourth-order valence-corrected chi connectivity index (χ4v) is 3.53. The maximum Gasteiger partial charge on any atom is 0.191 e. The van der Waals surface area contributed by atoms with Crippen LogP contribution in [0.15, 0.2) is 41.4 Å². The minimum absolute atomic E-state index is 0.223. The Morgan fingerprint density at radius 2 is 1.80 bits per heavy atom. The molecule has 0 spiro atoms. The number of aryl methyl sites for hydroxylation is 1. The van der Waals surface area contributed by atoms with Crippen molar-refractivity contribution in [1.29, 1.82) is 0 Å². The Bertz CT molecular complexity index is 880. The van der Waals surface area contributed by atoms with Gasteiger partial charge in [0.25, 0.3) is 0 Å². The molecule has 1 saturated heterocycles. The summed E-state index contributed by atoms with van der Waals surface area (Å²) in [6.45, 7) is 6.59. The van der Waals surface area contributed by atoms with Crippen LogP contribution in [0.25, 0.3) is 0 Å². The topological polar surface area (TPSA) is 59.9 Å². The minimum Gasteiger partial charge on any atom is -0.393 e. The molecule has 0 bridgehead atoms. The van der Waals surface area contributed by atoms with Crippen molar-refractivity contribution in [3.8, 4) is 0 Å². The van der Waals surface area contributed by atoms with E-state index >= 15 is 0 Å². The Balaban J connectivity index is 1.61. The molecular formula is C23H30F2N4O. The number of aliphatic hydroxyl groups is 1. The lowest BCUT2D eigenvalue weighted by atomic mass is 10.1. The number of nitrogens with one attached hydrogen (secondary N) is 2. The van der Waals surface area contributed by atoms with Crippen LogP contribution < -0.4 is 15.5 Å². The highest BCUT2D eigenvalue weighted by Crippen LogP contribution is 2.24. The van der Waals surface area contributed by atoms with Crippen molar-refractivity contribution in [2.75, 3.05) is 24.5 Å². The first-order valence-electron chi connectivity index (χ1n) is 10.4. The zero-order valence-corrected chi connectivity index (χ0v) is 17.6. The zero-order valence-electron chi connectivity index (χ0n) is 17.6. The summed E-state index contributed by atoms with van der Waals surface area (Å²) in [4.78, 5) is 6.52. The first-order chi connectivity index (χ1) is 14.5. The highest BCUT2D eigenvalue weighted by Gasteiger charge is 2.19. The van der Waals surface area contributed by atoms with Gasteiger partial charge in [-0.3, -0.25) is 0 Å². The Hall–Kier alpha value is -2.67. The summed E-state index contributed by atoms with van der Waals surface area (Å²) in [5.74, 6) is 0.141. The number of aliphatic imine (C=N–C) groups is 1. The van der Waals surface area contributed by atoms with Crippen LogP contribution >= 0.6 is 0 Å².